The van der Waals surface area contributed by atoms with Crippen molar-refractivity contribution in [1.29, 1.82) is 0 Å². The summed E-state index contributed by atoms with van der Waals surface area (Å²) >= 11 is 0. The predicted octanol–water partition coefficient (Wildman–Crippen LogP) is 4.29. The van der Waals surface area contributed by atoms with Crippen molar-refractivity contribution in [3.05, 3.63) is 42.5 Å². The van der Waals surface area contributed by atoms with E-state index in [1.54, 1.807) is 6.07 Å². The highest BCUT2D eigenvalue weighted by molar-refractivity contribution is 5.83. The maximum Gasteiger partial charge on any atom is 0.414 e. The summed E-state index contributed by atoms with van der Waals surface area (Å²) < 4.78 is 10.7. The van der Waals surface area contributed by atoms with Crippen LogP contribution in [0.2, 0.25) is 0 Å². The van der Waals surface area contributed by atoms with Crippen LogP contribution in [0.3, 0.4) is 0 Å². The van der Waals surface area contributed by atoms with Gasteiger partial charge in [0, 0.05) is 11.6 Å². The van der Waals surface area contributed by atoms with E-state index >= 15 is 0 Å². The van der Waals surface area contributed by atoms with E-state index in [0.717, 1.165) is 5.56 Å². The summed E-state index contributed by atoms with van der Waals surface area (Å²) in [6, 6.07) is 13.2. The number of rotatable bonds is 2. The smallest absolute Gasteiger partial charge is 0.414 e. The molecule has 0 radical (unpaired) electrons. The third-order valence-electron chi connectivity index (χ3n) is 2.29. The lowest BCUT2D eigenvalue weighted by atomic mass is 10.2. The molecule has 4 heteroatoms. The maximum absolute atomic E-state index is 11.6. The molecule has 2 aromatic rings. The number of furan rings is 1. The second-order valence-corrected chi connectivity index (χ2v) is 5.16. The largest absolute Gasteiger partial charge is 0.444 e. The summed E-state index contributed by atoms with van der Waals surface area (Å²) in [6.07, 6.45) is -0.526. The lowest BCUT2D eigenvalue weighted by Gasteiger charge is -2.18. The standard InChI is InChI=1S/C15H17NO3/c1-15(2,3)19-14(17)16-13-10-9-12(18-13)11-7-5-4-6-8-11/h4-10H,1-3H3,(H,16,17). The van der Waals surface area contributed by atoms with Crippen LogP contribution in [0.5, 0.6) is 0 Å². The summed E-state index contributed by atoms with van der Waals surface area (Å²) in [5.41, 5.74) is 0.429. The van der Waals surface area contributed by atoms with E-state index in [0.29, 0.717) is 11.6 Å². The van der Waals surface area contributed by atoms with E-state index in [2.05, 4.69) is 5.32 Å². The van der Waals surface area contributed by atoms with E-state index in [4.69, 9.17) is 9.15 Å². The fourth-order valence-corrected chi connectivity index (χ4v) is 1.57. The highest BCUT2D eigenvalue weighted by atomic mass is 16.6. The Morgan fingerprint density at radius 2 is 1.79 bits per heavy atom. The quantitative estimate of drug-likeness (QED) is 0.875. The van der Waals surface area contributed by atoms with E-state index < -0.39 is 11.7 Å². The third-order valence-corrected chi connectivity index (χ3v) is 2.29. The molecule has 0 saturated carbocycles. The molecule has 1 aromatic carbocycles. The Morgan fingerprint density at radius 3 is 2.42 bits per heavy atom. The van der Waals surface area contributed by atoms with E-state index in [-0.39, 0.29) is 0 Å². The molecule has 1 N–H and O–H groups in total. The lowest BCUT2D eigenvalue weighted by molar-refractivity contribution is 0.0633. The van der Waals surface area contributed by atoms with Gasteiger partial charge in [-0.05, 0) is 26.8 Å². The van der Waals surface area contributed by atoms with Crippen molar-refractivity contribution >= 4 is 12.0 Å². The molecular formula is C15H17NO3. The molecule has 0 unspecified atom stereocenters. The van der Waals surface area contributed by atoms with Crippen LogP contribution in [-0.2, 0) is 4.74 Å². The van der Waals surface area contributed by atoms with Crippen molar-refractivity contribution in [1.82, 2.24) is 0 Å². The van der Waals surface area contributed by atoms with Crippen LogP contribution in [0.4, 0.5) is 10.7 Å². The third kappa shape index (κ3) is 3.88. The average Bonchev–Trinajstić information content (AvgIpc) is 2.76. The highest BCUT2D eigenvalue weighted by Gasteiger charge is 2.17. The first-order chi connectivity index (χ1) is 8.94. The van der Waals surface area contributed by atoms with Gasteiger partial charge in [0.25, 0.3) is 0 Å². The van der Waals surface area contributed by atoms with Crippen molar-refractivity contribution in [2.75, 3.05) is 5.32 Å². The highest BCUT2D eigenvalue weighted by Crippen LogP contribution is 2.24. The number of ether oxygens (including phenoxy) is 1. The molecule has 0 aliphatic heterocycles. The van der Waals surface area contributed by atoms with Gasteiger partial charge in [-0.15, -0.1) is 0 Å². The van der Waals surface area contributed by atoms with Crippen LogP contribution in [0.1, 0.15) is 20.8 Å². The molecule has 0 saturated heterocycles. The van der Waals surface area contributed by atoms with Crippen molar-refractivity contribution in [2.24, 2.45) is 0 Å². The number of nitrogens with one attached hydrogen (secondary N) is 1. The van der Waals surface area contributed by atoms with Gasteiger partial charge >= 0.3 is 6.09 Å². The van der Waals surface area contributed by atoms with Crippen LogP contribution < -0.4 is 5.32 Å². The first kappa shape index (κ1) is 13.2. The molecule has 0 spiro atoms. The van der Waals surface area contributed by atoms with Crippen LogP contribution in [-0.4, -0.2) is 11.7 Å². The van der Waals surface area contributed by atoms with Gasteiger partial charge in [-0.3, -0.25) is 5.32 Å². The minimum Gasteiger partial charge on any atom is -0.444 e. The first-order valence-electron chi connectivity index (χ1n) is 6.09. The Bertz CT molecular complexity index is 552. The van der Waals surface area contributed by atoms with Gasteiger partial charge in [-0.25, -0.2) is 4.79 Å². The topological polar surface area (TPSA) is 51.5 Å². The summed E-state index contributed by atoms with van der Waals surface area (Å²) in [5.74, 6) is 1.07. The number of hydrogen-bond donors (Lipinski definition) is 1. The SMILES string of the molecule is CC(C)(C)OC(=O)Nc1ccc(-c2ccccc2)o1. The Balaban J connectivity index is 2.04. The van der Waals surface area contributed by atoms with Crippen molar-refractivity contribution in [3.8, 4) is 11.3 Å². The lowest BCUT2D eigenvalue weighted by Crippen LogP contribution is -2.27. The van der Waals surface area contributed by atoms with Crippen LogP contribution in [0.25, 0.3) is 11.3 Å². The molecular weight excluding hydrogens is 242 g/mol. The summed E-state index contributed by atoms with van der Waals surface area (Å²) in [6.45, 7) is 5.43. The summed E-state index contributed by atoms with van der Waals surface area (Å²) in [4.78, 5) is 11.6. The van der Waals surface area contributed by atoms with Crippen LogP contribution in [0.15, 0.2) is 46.9 Å². The van der Waals surface area contributed by atoms with Gasteiger partial charge in [-0.1, -0.05) is 30.3 Å². The normalized spacial score (nSPS) is 11.1. The molecule has 0 aliphatic rings. The fourth-order valence-electron chi connectivity index (χ4n) is 1.57. The number of amides is 1. The van der Waals surface area contributed by atoms with Gasteiger partial charge < -0.3 is 9.15 Å². The fraction of sp³-hybridized carbons (Fsp3) is 0.267. The van der Waals surface area contributed by atoms with Gasteiger partial charge in [0.2, 0.25) is 5.88 Å². The van der Waals surface area contributed by atoms with Gasteiger partial charge in [0.1, 0.15) is 11.4 Å². The monoisotopic (exact) mass is 259 g/mol. The zero-order valence-electron chi connectivity index (χ0n) is 11.3. The second-order valence-electron chi connectivity index (χ2n) is 5.16. The zero-order valence-corrected chi connectivity index (χ0v) is 11.3. The molecule has 100 valence electrons. The molecule has 2 rings (SSSR count). The number of hydrogen-bond acceptors (Lipinski definition) is 3. The van der Waals surface area contributed by atoms with Gasteiger partial charge in [0.15, 0.2) is 0 Å². The minimum atomic E-state index is -0.529. The van der Waals surface area contributed by atoms with E-state index in [9.17, 15) is 4.79 Å². The predicted molar refractivity (Wildman–Crippen MR) is 74.0 cm³/mol. The zero-order chi connectivity index (χ0) is 13.9. The summed E-state index contributed by atoms with van der Waals surface area (Å²) in [7, 11) is 0. The molecule has 1 amide bonds. The van der Waals surface area contributed by atoms with Gasteiger partial charge in [0.05, 0.1) is 0 Å². The molecule has 4 nitrogen and oxygen atoms in total. The van der Waals surface area contributed by atoms with Crippen molar-refractivity contribution in [2.45, 2.75) is 26.4 Å². The van der Waals surface area contributed by atoms with E-state index in [1.165, 1.54) is 0 Å². The van der Waals surface area contributed by atoms with Crippen molar-refractivity contribution < 1.29 is 13.9 Å². The van der Waals surface area contributed by atoms with Crippen LogP contribution in [0, 0.1) is 0 Å². The molecule has 0 bridgehead atoms. The number of anilines is 1. The Kier molecular flexibility index (Phi) is 3.60. The number of carbonyl (C=O) groups is 1. The number of carbonyl (C=O) groups excluding carboxylic acids is 1. The molecule has 0 fully saturated rings. The second kappa shape index (κ2) is 5.18. The summed E-state index contributed by atoms with van der Waals surface area (Å²) in [5, 5.41) is 2.56. The molecule has 0 aliphatic carbocycles. The average molecular weight is 259 g/mol. The molecule has 1 aromatic heterocycles. The van der Waals surface area contributed by atoms with Crippen molar-refractivity contribution in [3.63, 3.8) is 0 Å². The number of benzene rings is 1. The molecule has 1 heterocycles. The molecule has 19 heavy (non-hydrogen) atoms. The van der Waals surface area contributed by atoms with Gasteiger partial charge in [-0.2, -0.15) is 0 Å². The Hall–Kier alpha value is -2.23. The van der Waals surface area contributed by atoms with Crippen LogP contribution >= 0.6 is 0 Å². The Morgan fingerprint density at radius 1 is 1.11 bits per heavy atom. The Labute approximate surface area is 112 Å². The first-order valence-corrected chi connectivity index (χ1v) is 6.09. The maximum atomic E-state index is 11.6. The molecule has 0 atom stereocenters. The minimum absolute atomic E-state index is 0.369. The van der Waals surface area contributed by atoms with E-state index in [1.807, 2.05) is 57.2 Å².